The molecule has 1 aromatic carbocycles. The number of carboxylic acids is 1. The number of nitriles is 1. The number of hydrogen-bond donors (Lipinski definition) is 3. The van der Waals surface area contributed by atoms with Crippen LogP contribution in [0.25, 0.3) is 6.08 Å². The van der Waals surface area contributed by atoms with Gasteiger partial charge in [0.1, 0.15) is 23.7 Å². The van der Waals surface area contributed by atoms with E-state index in [0.29, 0.717) is 11.1 Å². The van der Waals surface area contributed by atoms with Crippen LogP contribution in [0.4, 0.5) is 4.79 Å². The number of alkyl carbamates (subject to hydrolysis) is 1. The van der Waals surface area contributed by atoms with Gasteiger partial charge < -0.3 is 25.2 Å². The lowest BCUT2D eigenvalue weighted by molar-refractivity contribution is -0.134. The van der Waals surface area contributed by atoms with Gasteiger partial charge >= 0.3 is 12.1 Å². The number of ether oxygens (including phenoxy) is 2. The first-order valence-electron chi connectivity index (χ1n) is 8.38. The normalized spacial score (nSPS) is 11.2. The van der Waals surface area contributed by atoms with E-state index in [2.05, 4.69) is 10.6 Å². The molecular formula is C19H23N3O6. The summed E-state index contributed by atoms with van der Waals surface area (Å²) < 4.78 is 10.7. The molecule has 28 heavy (non-hydrogen) atoms. The summed E-state index contributed by atoms with van der Waals surface area (Å²) in [5.41, 5.74) is -0.305. The van der Waals surface area contributed by atoms with Gasteiger partial charge in [0.25, 0.3) is 0 Å². The fourth-order valence-electron chi connectivity index (χ4n) is 1.97. The lowest BCUT2D eigenvalue weighted by Crippen LogP contribution is -2.34. The maximum absolute atomic E-state index is 11.6. The van der Waals surface area contributed by atoms with Crippen LogP contribution < -0.4 is 15.4 Å². The molecule has 0 radical (unpaired) electrons. The highest BCUT2D eigenvalue weighted by Gasteiger charge is 2.16. The largest absolute Gasteiger partial charge is 0.491 e. The van der Waals surface area contributed by atoms with E-state index in [1.807, 2.05) is 6.07 Å². The summed E-state index contributed by atoms with van der Waals surface area (Å²) in [4.78, 5) is 34.1. The lowest BCUT2D eigenvalue weighted by atomic mass is 10.1. The zero-order valence-electron chi connectivity index (χ0n) is 16.2. The van der Waals surface area contributed by atoms with E-state index in [1.165, 1.54) is 31.2 Å². The number of carboxylic acid groups (broad SMARTS) is 1. The third kappa shape index (κ3) is 8.23. The van der Waals surface area contributed by atoms with Crippen molar-refractivity contribution >= 4 is 24.0 Å². The number of amides is 2. The molecule has 150 valence electrons. The summed E-state index contributed by atoms with van der Waals surface area (Å²) in [5, 5.41) is 23.0. The maximum Gasteiger partial charge on any atom is 0.407 e. The Morgan fingerprint density at radius 3 is 2.50 bits per heavy atom. The molecular weight excluding hydrogens is 366 g/mol. The van der Waals surface area contributed by atoms with Gasteiger partial charge in [0.05, 0.1) is 18.2 Å². The fraction of sp³-hybridized carbons (Fsp3) is 0.368. The van der Waals surface area contributed by atoms with Gasteiger partial charge in [-0.1, -0.05) is 0 Å². The number of rotatable bonds is 7. The van der Waals surface area contributed by atoms with E-state index < -0.39 is 23.6 Å². The number of carbonyl (C=O) groups excluding carboxylic acids is 2. The Morgan fingerprint density at radius 2 is 1.96 bits per heavy atom. The van der Waals surface area contributed by atoms with Gasteiger partial charge in [-0.25, -0.2) is 9.59 Å². The van der Waals surface area contributed by atoms with E-state index in [0.717, 1.165) is 0 Å². The molecule has 0 aromatic heterocycles. The number of aliphatic carboxylic acids is 1. The number of nitrogens with zero attached hydrogens (tertiary/aromatic N) is 1. The molecule has 3 N–H and O–H groups in total. The smallest absolute Gasteiger partial charge is 0.407 e. The summed E-state index contributed by atoms with van der Waals surface area (Å²) in [6.07, 6.45) is 0.627. The summed E-state index contributed by atoms with van der Waals surface area (Å²) in [7, 11) is 0. The van der Waals surface area contributed by atoms with Crippen molar-refractivity contribution in [2.75, 3.05) is 13.2 Å². The van der Waals surface area contributed by atoms with Crippen LogP contribution in [0.2, 0.25) is 0 Å². The van der Waals surface area contributed by atoms with Crippen LogP contribution in [0.15, 0.2) is 23.9 Å². The molecule has 0 saturated heterocycles. The van der Waals surface area contributed by atoms with Crippen molar-refractivity contribution in [2.24, 2.45) is 0 Å². The summed E-state index contributed by atoms with van der Waals surface area (Å²) in [5.74, 6) is -1.63. The van der Waals surface area contributed by atoms with Crippen molar-refractivity contribution in [3.63, 3.8) is 0 Å². The van der Waals surface area contributed by atoms with Gasteiger partial charge in [0.2, 0.25) is 5.91 Å². The molecule has 0 fully saturated rings. The molecule has 9 heteroatoms. The molecule has 0 aliphatic carbocycles. The number of benzene rings is 1. The van der Waals surface area contributed by atoms with E-state index in [-0.39, 0.29) is 24.6 Å². The van der Waals surface area contributed by atoms with Crippen molar-refractivity contribution in [3.8, 4) is 11.8 Å². The predicted molar refractivity (Wildman–Crippen MR) is 100 cm³/mol. The van der Waals surface area contributed by atoms with E-state index in [9.17, 15) is 19.5 Å². The first kappa shape index (κ1) is 22.5. The summed E-state index contributed by atoms with van der Waals surface area (Å²) in [6, 6.07) is 6.39. The van der Waals surface area contributed by atoms with Crippen LogP contribution in [0.1, 0.15) is 38.8 Å². The molecule has 9 nitrogen and oxygen atoms in total. The van der Waals surface area contributed by atoms with Gasteiger partial charge in [-0.15, -0.1) is 0 Å². The molecule has 0 unspecified atom stereocenters. The van der Waals surface area contributed by atoms with Gasteiger partial charge in [-0.3, -0.25) is 4.79 Å². The van der Waals surface area contributed by atoms with Crippen molar-refractivity contribution in [1.82, 2.24) is 10.6 Å². The van der Waals surface area contributed by atoms with Crippen molar-refractivity contribution in [1.29, 1.82) is 5.26 Å². The quantitative estimate of drug-likeness (QED) is 0.479. The highest BCUT2D eigenvalue weighted by Crippen LogP contribution is 2.23. The molecule has 0 aliphatic rings. The Hall–Kier alpha value is -3.54. The molecule has 0 heterocycles. The molecule has 1 rings (SSSR count). The van der Waals surface area contributed by atoms with Gasteiger partial charge in [0.15, 0.2) is 0 Å². The minimum absolute atomic E-state index is 0.0531. The second-order valence-corrected chi connectivity index (χ2v) is 6.69. The van der Waals surface area contributed by atoms with Crippen LogP contribution in [0, 0.1) is 11.3 Å². The fourth-order valence-corrected chi connectivity index (χ4v) is 1.97. The molecule has 0 saturated carbocycles. The number of hydrogen-bond acceptors (Lipinski definition) is 6. The van der Waals surface area contributed by atoms with Gasteiger partial charge in [-0.2, -0.15) is 5.26 Å². The number of carbonyl (C=O) groups is 3. The molecule has 0 atom stereocenters. The van der Waals surface area contributed by atoms with E-state index in [1.54, 1.807) is 20.8 Å². The van der Waals surface area contributed by atoms with Crippen LogP contribution in [-0.2, 0) is 14.3 Å². The van der Waals surface area contributed by atoms with Crippen LogP contribution >= 0.6 is 0 Å². The molecule has 0 spiro atoms. The van der Waals surface area contributed by atoms with Crippen LogP contribution in [0.5, 0.6) is 5.75 Å². The maximum atomic E-state index is 11.6. The molecule has 0 aliphatic heterocycles. The van der Waals surface area contributed by atoms with Crippen LogP contribution in [-0.4, -0.2) is 41.8 Å². The lowest BCUT2D eigenvalue weighted by Gasteiger charge is -2.19. The highest BCUT2D eigenvalue weighted by atomic mass is 16.6. The Kier molecular flexibility index (Phi) is 8.01. The average Bonchev–Trinajstić information content (AvgIpc) is 2.57. The summed E-state index contributed by atoms with van der Waals surface area (Å²) in [6.45, 7) is 6.59. The Morgan fingerprint density at radius 1 is 1.29 bits per heavy atom. The topological polar surface area (TPSA) is 138 Å². The minimum atomic E-state index is -1.32. The standard InChI is InChI=1S/C19H23N3O6/c1-12(23)22-15(17(24)25)10-14-6-5-13(11-20)9-16(14)27-8-7-21-18(26)28-19(2,3)4/h5-6,9-10H,7-8H2,1-4H3,(H,21,26)(H,22,23)(H,24,25). The SMILES string of the molecule is CC(=O)NC(=Cc1ccc(C#N)cc1OCCNC(=O)OC(C)(C)C)C(=O)O. The first-order chi connectivity index (χ1) is 13.0. The van der Waals surface area contributed by atoms with Gasteiger partial charge in [0, 0.05) is 12.5 Å². The highest BCUT2D eigenvalue weighted by molar-refractivity contribution is 5.96. The van der Waals surface area contributed by atoms with Crippen molar-refractivity contribution in [3.05, 3.63) is 35.0 Å². The Labute approximate surface area is 162 Å². The first-order valence-corrected chi connectivity index (χ1v) is 8.38. The number of nitrogens with one attached hydrogen (secondary N) is 2. The second kappa shape index (κ2) is 9.97. The molecule has 0 bridgehead atoms. The monoisotopic (exact) mass is 389 g/mol. The minimum Gasteiger partial charge on any atom is -0.491 e. The molecule has 1 aromatic rings. The molecule has 2 amide bonds. The average molecular weight is 389 g/mol. The van der Waals surface area contributed by atoms with E-state index >= 15 is 0 Å². The third-order valence-electron chi connectivity index (χ3n) is 3.01. The Balaban J connectivity index is 2.90. The van der Waals surface area contributed by atoms with Crippen LogP contribution in [0.3, 0.4) is 0 Å². The van der Waals surface area contributed by atoms with Crippen molar-refractivity contribution in [2.45, 2.75) is 33.3 Å². The predicted octanol–water partition coefficient (Wildman–Crippen LogP) is 2.02. The summed E-state index contributed by atoms with van der Waals surface area (Å²) >= 11 is 0. The Bertz CT molecular complexity index is 818. The second-order valence-electron chi connectivity index (χ2n) is 6.69. The van der Waals surface area contributed by atoms with E-state index in [4.69, 9.17) is 14.7 Å². The van der Waals surface area contributed by atoms with Crippen molar-refractivity contribution < 1.29 is 29.0 Å². The zero-order chi connectivity index (χ0) is 21.3. The van der Waals surface area contributed by atoms with Gasteiger partial charge in [-0.05, 0) is 45.0 Å². The third-order valence-corrected chi connectivity index (χ3v) is 3.01. The zero-order valence-corrected chi connectivity index (χ0v) is 16.2.